The van der Waals surface area contributed by atoms with E-state index in [0.717, 1.165) is 18.5 Å². The molecule has 17 heavy (non-hydrogen) atoms. The van der Waals surface area contributed by atoms with Crippen LogP contribution in [0, 0.1) is 12.8 Å². The third-order valence-electron chi connectivity index (χ3n) is 3.22. The predicted octanol–water partition coefficient (Wildman–Crippen LogP) is 1.28. The zero-order valence-electron chi connectivity index (χ0n) is 10.2. The molecule has 0 spiro atoms. The fraction of sp³-hybridized carbons (Fsp3) is 0.538. The zero-order chi connectivity index (χ0) is 12.5. The zero-order valence-corrected chi connectivity index (χ0v) is 10.2. The first-order chi connectivity index (χ1) is 7.99. The van der Waals surface area contributed by atoms with Gasteiger partial charge in [-0.15, -0.1) is 0 Å². The van der Waals surface area contributed by atoms with Crippen molar-refractivity contribution < 1.29 is 9.90 Å². The van der Waals surface area contributed by atoms with Crippen LogP contribution >= 0.6 is 0 Å². The van der Waals surface area contributed by atoms with Crippen LogP contribution < -0.4 is 5.32 Å². The van der Waals surface area contributed by atoms with E-state index in [1.54, 1.807) is 25.3 Å². The molecule has 1 aliphatic carbocycles. The van der Waals surface area contributed by atoms with Crippen molar-refractivity contribution in [2.24, 2.45) is 5.92 Å². The van der Waals surface area contributed by atoms with Gasteiger partial charge in [0.15, 0.2) is 0 Å². The number of nitrogens with one attached hydrogen (secondary N) is 1. The molecule has 2 N–H and O–H groups in total. The molecule has 1 saturated carbocycles. The molecule has 0 aliphatic heterocycles. The van der Waals surface area contributed by atoms with Gasteiger partial charge in [0.05, 0.1) is 5.60 Å². The standard InChI is InChI=1S/C13H18N2O2/c1-9-7-10(5-6-14-9)12(16)15-8-13(2,17)11-3-4-11/h5-7,11,17H,3-4,8H2,1-2H3,(H,15,16). The Labute approximate surface area is 101 Å². The maximum atomic E-state index is 11.8. The van der Waals surface area contributed by atoms with Gasteiger partial charge in [-0.25, -0.2) is 0 Å². The number of hydrogen-bond donors (Lipinski definition) is 2. The molecule has 1 fully saturated rings. The highest BCUT2D eigenvalue weighted by Crippen LogP contribution is 2.38. The van der Waals surface area contributed by atoms with Gasteiger partial charge in [0.2, 0.25) is 0 Å². The van der Waals surface area contributed by atoms with Crippen molar-refractivity contribution in [1.82, 2.24) is 10.3 Å². The predicted molar refractivity (Wildman–Crippen MR) is 64.7 cm³/mol. The molecule has 0 bridgehead atoms. The summed E-state index contributed by atoms with van der Waals surface area (Å²) in [6, 6.07) is 3.41. The molecule has 1 amide bonds. The Hall–Kier alpha value is -1.42. The summed E-state index contributed by atoms with van der Waals surface area (Å²) in [6.45, 7) is 3.93. The van der Waals surface area contributed by atoms with E-state index >= 15 is 0 Å². The van der Waals surface area contributed by atoms with Crippen LogP contribution in [0.25, 0.3) is 0 Å². The summed E-state index contributed by atoms with van der Waals surface area (Å²) < 4.78 is 0. The first-order valence-corrected chi connectivity index (χ1v) is 5.92. The van der Waals surface area contributed by atoms with Crippen molar-refractivity contribution in [1.29, 1.82) is 0 Å². The fourth-order valence-electron chi connectivity index (χ4n) is 1.90. The molecular weight excluding hydrogens is 216 g/mol. The van der Waals surface area contributed by atoms with E-state index < -0.39 is 5.60 Å². The molecule has 1 heterocycles. The van der Waals surface area contributed by atoms with Crippen LogP contribution in [-0.2, 0) is 0 Å². The number of carbonyl (C=O) groups is 1. The van der Waals surface area contributed by atoms with Gasteiger partial charge in [0, 0.05) is 24.0 Å². The number of pyridine rings is 1. The van der Waals surface area contributed by atoms with Crippen molar-refractivity contribution in [2.45, 2.75) is 32.3 Å². The van der Waals surface area contributed by atoms with Gasteiger partial charge in [-0.3, -0.25) is 9.78 Å². The van der Waals surface area contributed by atoms with Crippen molar-refractivity contribution in [3.8, 4) is 0 Å². The van der Waals surface area contributed by atoms with Crippen molar-refractivity contribution in [2.75, 3.05) is 6.54 Å². The second-order valence-electron chi connectivity index (χ2n) is 5.00. The van der Waals surface area contributed by atoms with E-state index in [0.29, 0.717) is 18.0 Å². The molecule has 1 aromatic heterocycles. The first kappa shape index (κ1) is 12.0. The van der Waals surface area contributed by atoms with Crippen LogP contribution in [0.1, 0.15) is 35.8 Å². The normalized spacial score (nSPS) is 18.5. The maximum Gasteiger partial charge on any atom is 0.251 e. The molecule has 1 unspecified atom stereocenters. The summed E-state index contributed by atoms with van der Waals surface area (Å²) in [5.41, 5.74) is 0.619. The molecule has 1 atom stereocenters. The average molecular weight is 234 g/mol. The molecule has 0 radical (unpaired) electrons. The lowest BCUT2D eigenvalue weighted by Crippen LogP contribution is -2.42. The van der Waals surface area contributed by atoms with Crippen LogP contribution in [0.5, 0.6) is 0 Å². The van der Waals surface area contributed by atoms with Gasteiger partial charge in [-0.2, -0.15) is 0 Å². The summed E-state index contributed by atoms with van der Waals surface area (Å²) in [6.07, 6.45) is 3.72. The van der Waals surface area contributed by atoms with Crippen LogP contribution in [0.4, 0.5) is 0 Å². The average Bonchev–Trinajstić information content (AvgIpc) is 3.10. The highest BCUT2D eigenvalue weighted by atomic mass is 16.3. The fourth-order valence-corrected chi connectivity index (χ4v) is 1.90. The monoisotopic (exact) mass is 234 g/mol. The minimum Gasteiger partial charge on any atom is -0.388 e. The minimum atomic E-state index is -0.780. The van der Waals surface area contributed by atoms with Crippen molar-refractivity contribution in [3.63, 3.8) is 0 Å². The Morgan fingerprint density at radius 2 is 2.35 bits per heavy atom. The summed E-state index contributed by atoms with van der Waals surface area (Å²) in [5.74, 6) is 0.179. The van der Waals surface area contributed by atoms with E-state index in [1.807, 2.05) is 6.92 Å². The lowest BCUT2D eigenvalue weighted by Gasteiger charge is -2.23. The number of nitrogens with zero attached hydrogens (tertiary/aromatic N) is 1. The van der Waals surface area contributed by atoms with Gasteiger partial charge in [-0.05, 0) is 44.7 Å². The smallest absolute Gasteiger partial charge is 0.251 e. The van der Waals surface area contributed by atoms with Crippen LogP contribution in [0.3, 0.4) is 0 Å². The number of amides is 1. The SMILES string of the molecule is Cc1cc(C(=O)NCC(C)(O)C2CC2)ccn1. The largest absolute Gasteiger partial charge is 0.388 e. The minimum absolute atomic E-state index is 0.156. The number of hydrogen-bond acceptors (Lipinski definition) is 3. The van der Waals surface area contributed by atoms with E-state index in [-0.39, 0.29) is 5.91 Å². The van der Waals surface area contributed by atoms with E-state index in [2.05, 4.69) is 10.3 Å². The molecule has 2 rings (SSSR count). The first-order valence-electron chi connectivity index (χ1n) is 5.92. The van der Waals surface area contributed by atoms with Crippen LogP contribution in [0.15, 0.2) is 18.3 Å². The summed E-state index contributed by atoms with van der Waals surface area (Å²) >= 11 is 0. The Balaban J connectivity index is 1.93. The van der Waals surface area contributed by atoms with E-state index in [1.165, 1.54) is 0 Å². The number of aryl methyl sites for hydroxylation is 1. The Morgan fingerprint density at radius 3 is 2.94 bits per heavy atom. The van der Waals surface area contributed by atoms with Gasteiger partial charge >= 0.3 is 0 Å². The van der Waals surface area contributed by atoms with Crippen LogP contribution in [-0.4, -0.2) is 28.1 Å². The number of rotatable bonds is 4. The Kier molecular flexibility index (Phi) is 3.15. The number of aromatic nitrogens is 1. The molecule has 1 aliphatic rings. The molecule has 0 saturated heterocycles. The maximum absolute atomic E-state index is 11.8. The van der Waals surface area contributed by atoms with Crippen LogP contribution in [0.2, 0.25) is 0 Å². The van der Waals surface area contributed by atoms with Gasteiger partial charge in [-0.1, -0.05) is 0 Å². The van der Waals surface area contributed by atoms with Gasteiger partial charge < -0.3 is 10.4 Å². The highest BCUT2D eigenvalue weighted by Gasteiger charge is 2.39. The Morgan fingerprint density at radius 1 is 1.65 bits per heavy atom. The van der Waals surface area contributed by atoms with Crippen molar-refractivity contribution in [3.05, 3.63) is 29.6 Å². The molecule has 4 nitrogen and oxygen atoms in total. The second kappa shape index (κ2) is 4.45. The molecule has 0 aromatic carbocycles. The summed E-state index contributed by atoms with van der Waals surface area (Å²) in [4.78, 5) is 15.9. The molecule has 4 heteroatoms. The van der Waals surface area contributed by atoms with Crippen molar-refractivity contribution >= 4 is 5.91 Å². The summed E-state index contributed by atoms with van der Waals surface area (Å²) in [7, 11) is 0. The van der Waals surface area contributed by atoms with E-state index in [4.69, 9.17) is 0 Å². The summed E-state index contributed by atoms with van der Waals surface area (Å²) in [5, 5.41) is 12.8. The second-order valence-corrected chi connectivity index (χ2v) is 5.00. The molecule has 1 aromatic rings. The van der Waals surface area contributed by atoms with Gasteiger partial charge in [0.25, 0.3) is 5.91 Å². The molecule has 92 valence electrons. The van der Waals surface area contributed by atoms with E-state index in [9.17, 15) is 9.90 Å². The van der Waals surface area contributed by atoms with Gasteiger partial charge in [0.1, 0.15) is 0 Å². The third-order valence-corrected chi connectivity index (χ3v) is 3.22. The lowest BCUT2D eigenvalue weighted by molar-refractivity contribution is 0.0354. The molecular formula is C13H18N2O2. The lowest BCUT2D eigenvalue weighted by atomic mass is 10.0. The quantitative estimate of drug-likeness (QED) is 0.825. The topological polar surface area (TPSA) is 62.2 Å². The Bertz CT molecular complexity index is 425. The number of carbonyl (C=O) groups excluding carboxylic acids is 1. The third kappa shape index (κ3) is 3.03. The highest BCUT2D eigenvalue weighted by molar-refractivity contribution is 5.94. The number of aliphatic hydroxyl groups is 1.